The fourth-order valence-corrected chi connectivity index (χ4v) is 2.51. The molecule has 0 bridgehead atoms. The van der Waals surface area contributed by atoms with Crippen LogP contribution in [-0.2, 0) is 21.4 Å². The first kappa shape index (κ1) is 20.5. The Kier molecular flexibility index (Phi) is 6.99. The Morgan fingerprint density at radius 3 is 2.15 bits per heavy atom. The SMILES string of the molecule is COc1ccc(CCNC(=O)COC(=O)c2ccc(C(C)(C)C)cc2)cc1. The second-order valence-corrected chi connectivity index (χ2v) is 7.35. The van der Waals surface area contributed by atoms with E-state index in [4.69, 9.17) is 9.47 Å². The molecule has 0 aliphatic rings. The molecule has 2 aromatic rings. The molecule has 0 unspecified atom stereocenters. The third-order valence-electron chi connectivity index (χ3n) is 4.22. The van der Waals surface area contributed by atoms with Crippen molar-refractivity contribution < 1.29 is 19.1 Å². The van der Waals surface area contributed by atoms with Crippen molar-refractivity contribution in [3.63, 3.8) is 0 Å². The molecule has 0 fully saturated rings. The summed E-state index contributed by atoms with van der Waals surface area (Å²) in [4.78, 5) is 23.9. The van der Waals surface area contributed by atoms with Crippen LogP contribution < -0.4 is 10.1 Å². The van der Waals surface area contributed by atoms with Gasteiger partial charge in [0.25, 0.3) is 5.91 Å². The smallest absolute Gasteiger partial charge is 0.338 e. The average molecular weight is 369 g/mol. The van der Waals surface area contributed by atoms with Crippen molar-refractivity contribution in [2.45, 2.75) is 32.6 Å². The Morgan fingerprint density at radius 2 is 1.59 bits per heavy atom. The molecule has 1 N–H and O–H groups in total. The lowest BCUT2D eigenvalue weighted by atomic mass is 9.87. The van der Waals surface area contributed by atoms with E-state index < -0.39 is 5.97 Å². The molecular weight excluding hydrogens is 342 g/mol. The van der Waals surface area contributed by atoms with E-state index in [1.807, 2.05) is 36.4 Å². The van der Waals surface area contributed by atoms with Gasteiger partial charge in [-0.05, 0) is 47.2 Å². The van der Waals surface area contributed by atoms with Gasteiger partial charge in [-0.2, -0.15) is 0 Å². The molecule has 0 radical (unpaired) electrons. The fourth-order valence-electron chi connectivity index (χ4n) is 2.51. The van der Waals surface area contributed by atoms with Crippen LogP contribution in [0.4, 0.5) is 0 Å². The zero-order valence-electron chi connectivity index (χ0n) is 16.4. The van der Waals surface area contributed by atoms with Crippen molar-refractivity contribution in [1.29, 1.82) is 0 Å². The highest BCUT2D eigenvalue weighted by Gasteiger charge is 2.15. The Morgan fingerprint density at radius 1 is 0.963 bits per heavy atom. The van der Waals surface area contributed by atoms with Crippen molar-refractivity contribution in [3.8, 4) is 5.75 Å². The molecule has 0 aromatic heterocycles. The van der Waals surface area contributed by atoms with Crippen molar-refractivity contribution in [2.24, 2.45) is 0 Å². The Labute approximate surface area is 160 Å². The molecule has 0 atom stereocenters. The van der Waals surface area contributed by atoms with E-state index >= 15 is 0 Å². The number of hydrogen-bond acceptors (Lipinski definition) is 4. The first-order chi connectivity index (χ1) is 12.8. The minimum absolute atomic E-state index is 0.0200. The number of carbonyl (C=O) groups excluding carboxylic acids is 2. The summed E-state index contributed by atoms with van der Waals surface area (Å²) in [5.74, 6) is -0.0193. The number of ether oxygens (including phenoxy) is 2. The van der Waals surface area contributed by atoms with Gasteiger partial charge in [-0.3, -0.25) is 4.79 Å². The summed E-state index contributed by atoms with van der Waals surface area (Å²) in [5.41, 5.74) is 2.68. The van der Waals surface area contributed by atoms with E-state index in [-0.39, 0.29) is 17.9 Å². The highest BCUT2D eigenvalue weighted by Crippen LogP contribution is 2.22. The number of rotatable bonds is 7. The summed E-state index contributed by atoms with van der Waals surface area (Å²) in [6.07, 6.45) is 0.692. The highest BCUT2D eigenvalue weighted by atomic mass is 16.5. The van der Waals surface area contributed by atoms with Gasteiger partial charge >= 0.3 is 5.97 Å². The van der Waals surface area contributed by atoms with Crippen LogP contribution in [0.3, 0.4) is 0 Å². The Balaban J connectivity index is 1.73. The fraction of sp³-hybridized carbons (Fsp3) is 0.364. The van der Waals surface area contributed by atoms with Crippen LogP contribution in [0.5, 0.6) is 5.75 Å². The summed E-state index contributed by atoms with van der Waals surface area (Å²) >= 11 is 0. The topological polar surface area (TPSA) is 64.6 Å². The molecule has 2 aromatic carbocycles. The molecule has 27 heavy (non-hydrogen) atoms. The normalized spacial score (nSPS) is 11.0. The van der Waals surface area contributed by atoms with Crippen LogP contribution in [0.25, 0.3) is 0 Å². The lowest BCUT2D eigenvalue weighted by Gasteiger charge is -2.18. The number of amides is 1. The standard InChI is InChI=1S/C22H27NO4/c1-22(2,3)18-9-7-17(8-10-18)21(25)27-15-20(24)23-14-13-16-5-11-19(26-4)12-6-16/h5-12H,13-15H2,1-4H3,(H,23,24). The highest BCUT2D eigenvalue weighted by molar-refractivity contribution is 5.91. The number of methoxy groups -OCH3 is 1. The molecule has 0 spiro atoms. The minimum atomic E-state index is -0.499. The summed E-state index contributed by atoms with van der Waals surface area (Å²) in [6, 6.07) is 14.9. The third-order valence-corrected chi connectivity index (χ3v) is 4.22. The van der Waals surface area contributed by atoms with Gasteiger partial charge < -0.3 is 14.8 Å². The van der Waals surface area contributed by atoms with Gasteiger partial charge in [-0.25, -0.2) is 4.79 Å². The lowest BCUT2D eigenvalue weighted by molar-refractivity contribution is -0.124. The van der Waals surface area contributed by atoms with E-state index in [1.165, 1.54) is 0 Å². The zero-order chi connectivity index (χ0) is 19.9. The van der Waals surface area contributed by atoms with Gasteiger partial charge in [-0.1, -0.05) is 45.0 Å². The predicted octanol–water partition coefficient (Wildman–Crippen LogP) is 3.51. The van der Waals surface area contributed by atoms with E-state index in [0.29, 0.717) is 18.5 Å². The van der Waals surface area contributed by atoms with Gasteiger partial charge in [0.15, 0.2) is 6.61 Å². The van der Waals surface area contributed by atoms with Crippen LogP contribution in [-0.4, -0.2) is 32.1 Å². The summed E-state index contributed by atoms with van der Waals surface area (Å²) in [7, 11) is 1.62. The van der Waals surface area contributed by atoms with Gasteiger partial charge in [0.05, 0.1) is 12.7 Å². The maximum atomic E-state index is 12.1. The van der Waals surface area contributed by atoms with E-state index in [0.717, 1.165) is 16.9 Å². The van der Waals surface area contributed by atoms with Gasteiger partial charge in [0.2, 0.25) is 0 Å². The molecule has 0 saturated heterocycles. The summed E-state index contributed by atoms with van der Waals surface area (Å²) < 4.78 is 10.2. The van der Waals surface area contributed by atoms with Crippen LogP contribution in [0.2, 0.25) is 0 Å². The molecule has 2 rings (SSSR count). The van der Waals surface area contributed by atoms with Crippen molar-refractivity contribution in [2.75, 3.05) is 20.3 Å². The van der Waals surface area contributed by atoms with Crippen molar-refractivity contribution >= 4 is 11.9 Å². The van der Waals surface area contributed by atoms with Crippen LogP contribution in [0.1, 0.15) is 42.3 Å². The van der Waals surface area contributed by atoms with Gasteiger partial charge in [0.1, 0.15) is 5.75 Å². The van der Waals surface area contributed by atoms with Crippen molar-refractivity contribution in [3.05, 3.63) is 65.2 Å². The molecule has 1 amide bonds. The lowest BCUT2D eigenvalue weighted by Crippen LogP contribution is -2.30. The monoisotopic (exact) mass is 369 g/mol. The average Bonchev–Trinajstić information content (AvgIpc) is 2.66. The molecule has 0 aliphatic carbocycles. The van der Waals surface area contributed by atoms with Crippen molar-refractivity contribution in [1.82, 2.24) is 5.32 Å². The third kappa shape index (κ3) is 6.44. The minimum Gasteiger partial charge on any atom is -0.497 e. The first-order valence-corrected chi connectivity index (χ1v) is 8.97. The predicted molar refractivity (Wildman–Crippen MR) is 105 cm³/mol. The van der Waals surface area contributed by atoms with Crippen LogP contribution >= 0.6 is 0 Å². The van der Waals surface area contributed by atoms with Gasteiger partial charge in [0, 0.05) is 6.54 Å². The zero-order valence-corrected chi connectivity index (χ0v) is 16.4. The quantitative estimate of drug-likeness (QED) is 0.759. The van der Waals surface area contributed by atoms with Crippen LogP contribution in [0.15, 0.2) is 48.5 Å². The second-order valence-electron chi connectivity index (χ2n) is 7.35. The number of benzene rings is 2. The Hall–Kier alpha value is -2.82. The molecule has 144 valence electrons. The summed E-state index contributed by atoms with van der Waals surface area (Å²) in [5, 5.41) is 2.75. The molecule has 0 saturated carbocycles. The maximum Gasteiger partial charge on any atom is 0.338 e. The van der Waals surface area contributed by atoms with Crippen LogP contribution in [0, 0.1) is 0 Å². The Bertz CT molecular complexity index is 758. The molecule has 5 heteroatoms. The van der Waals surface area contributed by atoms with E-state index in [1.54, 1.807) is 19.2 Å². The molecule has 5 nitrogen and oxygen atoms in total. The van der Waals surface area contributed by atoms with Gasteiger partial charge in [-0.15, -0.1) is 0 Å². The first-order valence-electron chi connectivity index (χ1n) is 8.97. The second kappa shape index (κ2) is 9.21. The number of esters is 1. The molecule has 0 heterocycles. The van der Waals surface area contributed by atoms with E-state index in [2.05, 4.69) is 26.1 Å². The molecular formula is C22H27NO4. The maximum absolute atomic E-state index is 12.1. The summed E-state index contributed by atoms with van der Waals surface area (Å²) in [6.45, 7) is 6.51. The number of hydrogen-bond donors (Lipinski definition) is 1. The van der Waals surface area contributed by atoms with E-state index in [9.17, 15) is 9.59 Å². The number of carbonyl (C=O) groups is 2. The molecule has 0 aliphatic heterocycles. The largest absolute Gasteiger partial charge is 0.497 e. The number of nitrogens with one attached hydrogen (secondary N) is 1.